The Balaban J connectivity index is 2.73. The van der Waals surface area contributed by atoms with E-state index in [0.29, 0.717) is 6.54 Å². The van der Waals surface area contributed by atoms with Gasteiger partial charge in [0.2, 0.25) is 5.91 Å². The van der Waals surface area contributed by atoms with E-state index in [0.717, 1.165) is 11.3 Å². The van der Waals surface area contributed by atoms with E-state index in [9.17, 15) is 18.0 Å². The van der Waals surface area contributed by atoms with Crippen LogP contribution in [0.3, 0.4) is 0 Å². The van der Waals surface area contributed by atoms with Gasteiger partial charge in [-0.25, -0.2) is 0 Å². The van der Waals surface area contributed by atoms with Gasteiger partial charge in [-0.3, -0.25) is 4.79 Å². The summed E-state index contributed by atoms with van der Waals surface area (Å²) in [4.78, 5) is 12.9. The Bertz CT molecular complexity index is 278. The number of hydrogen-bond acceptors (Lipinski definition) is 2. The zero-order valence-electron chi connectivity index (χ0n) is 10.3. The van der Waals surface area contributed by atoms with Gasteiger partial charge in [-0.2, -0.15) is 13.2 Å². The van der Waals surface area contributed by atoms with E-state index in [4.69, 9.17) is 0 Å². The van der Waals surface area contributed by atoms with Crippen molar-refractivity contribution in [3.8, 4) is 0 Å². The van der Waals surface area contributed by atoms with Crippen molar-refractivity contribution in [2.24, 2.45) is 5.92 Å². The predicted molar refractivity (Wildman–Crippen MR) is 58.5 cm³/mol. The SMILES string of the molecule is CC1CCNC1C(=O)N(CC(F)(F)F)C(C)C. The molecule has 1 heterocycles. The van der Waals surface area contributed by atoms with E-state index in [-0.39, 0.29) is 5.92 Å². The molecule has 1 saturated heterocycles. The molecule has 0 aliphatic carbocycles. The molecular weight excluding hydrogens is 233 g/mol. The second kappa shape index (κ2) is 5.25. The number of halogens is 3. The summed E-state index contributed by atoms with van der Waals surface area (Å²) < 4.78 is 37.2. The van der Waals surface area contributed by atoms with E-state index in [1.165, 1.54) is 0 Å². The highest BCUT2D eigenvalue weighted by Crippen LogP contribution is 2.22. The van der Waals surface area contributed by atoms with Crippen LogP contribution >= 0.6 is 0 Å². The summed E-state index contributed by atoms with van der Waals surface area (Å²) in [6, 6.07) is -0.918. The molecule has 2 unspecified atom stereocenters. The van der Waals surface area contributed by atoms with Crippen LogP contribution in [0.15, 0.2) is 0 Å². The van der Waals surface area contributed by atoms with Crippen LogP contribution in [-0.4, -0.2) is 42.2 Å². The zero-order valence-corrected chi connectivity index (χ0v) is 10.3. The van der Waals surface area contributed by atoms with Crippen LogP contribution in [0.1, 0.15) is 27.2 Å². The maximum atomic E-state index is 12.4. The van der Waals surface area contributed by atoms with Crippen LogP contribution in [0.4, 0.5) is 13.2 Å². The molecule has 0 aromatic carbocycles. The predicted octanol–water partition coefficient (Wildman–Crippen LogP) is 1.78. The Labute approximate surface area is 99.4 Å². The summed E-state index contributed by atoms with van der Waals surface area (Å²) in [5.41, 5.74) is 0. The lowest BCUT2D eigenvalue weighted by Gasteiger charge is -2.31. The van der Waals surface area contributed by atoms with Crippen LogP contribution in [0.25, 0.3) is 0 Å². The molecule has 0 radical (unpaired) electrons. The number of hydrogen-bond donors (Lipinski definition) is 1. The van der Waals surface area contributed by atoms with Crippen molar-refractivity contribution in [2.75, 3.05) is 13.1 Å². The number of nitrogens with one attached hydrogen (secondary N) is 1. The standard InChI is InChI=1S/C11H19F3N2O/c1-7(2)16(6-11(12,13)14)10(17)9-8(3)4-5-15-9/h7-9,15H,4-6H2,1-3H3. The summed E-state index contributed by atoms with van der Waals surface area (Å²) in [5, 5.41) is 2.97. The minimum Gasteiger partial charge on any atom is -0.330 e. The number of rotatable bonds is 3. The van der Waals surface area contributed by atoms with Gasteiger partial charge in [0.1, 0.15) is 6.54 Å². The smallest absolute Gasteiger partial charge is 0.330 e. The van der Waals surface area contributed by atoms with Gasteiger partial charge in [0.25, 0.3) is 0 Å². The summed E-state index contributed by atoms with van der Waals surface area (Å²) in [6.07, 6.45) is -3.52. The topological polar surface area (TPSA) is 32.3 Å². The molecule has 6 heteroatoms. The maximum Gasteiger partial charge on any atom is 0.406 e. The summed E-state index contributed by atoms with van der Waals surface area (Å²) in [6.45, 7) is 4.60. The molecule has 1 aliphatic rings. The van der Waals surface area contributed by atoms with E-state index in [1.54, 1.807) is 13.8 Å². The molecule has 17 heavy (non-hydrogen) atoms. The Morgan fingerprint density at radius 3 is 2.41 bits per heavy atom. The molecule has 0 spiro atoms. The molecular formula is C11H19F3N2O. The molecule has 0 aromatic rings. The number of alkyl halides is 3. The molecule has 1 N–H and O–H groups in total. The van der Waals surface area contributed by atoms with Gasteiger partial charge in [-0.15, -0.1) is 0 Å². The van der Waals surface area contributed by atoms with E-state index < -0.39 is 30.7 Å². The first-order valence-electron chi connectivity index (χ1n) is 5.83. The molecule has 0 aromatic heterocycles. The van der Waals surface area contributed by atoms with Crippen LogP contribution in [0.2, 0.25) is 0 Å². The minimum absolute atomic E-state index is 0.0944. The Morgan fingerprint density at radius 1 is 1.47 bits per heavy atom. The lowest BCUT2D eigenvalue weighted by Crippen LogP contribution is -2.51. The van der Waals surface area contributed by atoms with E-state index >= 15 is 0 Å². The molecule has 100 valence electrons. The average molecular weight is 252 g/mol. The van der Waals surface area contributed by atoms with Crippen molar-refractivity contribution in [2.45, 2.75) is 45.5 Å². The highest BCUT2D eigenvalue weighted by Gasteiger charge is 2.39. The van der Waals surface area contributed by atoms with E-state index in [2.05, 4.69) is 5.32 Å². The van der Waals surface area contributed by atoms with Crippen molar-refractivity contribution in [3.05, 3.63) is 0 Å². The third-order valence-electron chi connectivity index (χ3n) is 3.06. The monoisotopic (exact) mass is 252 g/mol. The van der Waals surface area contributed by atoms with Crippen molar-refractivity contribution >= 4 is 5.91 Å². The van der Waals surface area contributed by atoms with Crippen molar-refractivity contribution < 1.29 is 18.0 Å². The maximum absolute atomic E-state index is 12.4. The Kier molecular flexibility index (Phi) is 4.41. The van der Waals surface area contributed by atoms with Gasteiger partial charge in [0.05, 0.1) is 6.04 Å². The first-order valence-corrected chi connectivity index (χ1v) is 5.83. The summed E-state index contributed by atoms with van der Waals surface area (Å²) >= 11 is 0. The molecule has 1 aliphatic heterocycles. The molecule has 1 rings (SSSR count). The largest absolute Gasteiger partial charge is 0.406 e. The Morgan fingerprint density at radius 2 is 2.06 bits per heavy atom. The lowest BCUT2D eigenvalue weighted by molar-refractivity contribution is -0.166. The molecule has 1 amide bonds. The first-order chi connectivity index (χ1) is 7.72. The average Bonchev–Trinajstić information content (AvgIpc) is 2.58. The van der Waals surface area contributed by atoms with Gasteiger partial charge < -0.3 is 10.2 Å². The normalized spacial score (nSPS) is 25.4. The van der Waals surface area contributed by atoms with Gasteiger partial charge in [0, 0.05) is 6.04 Å². The lowest BCUT2D eigenvalue weighted by atomic mass is 10.0. The summed E-state index contributed by atoms with van der Waals surface area (Å²) in [5.74, 6) is -0.348. The fraction of sp³-hybridized carbons (Fsp3) is 0.909. The molecule has 3 nitrogen and oxygen atoms in total. The molecule has 2 atom stereocenters. The minimum atomic E-state index is -4.35. The van der Waals surface area contributed by atoms with Crippen molar-refractivity contribution in [3.63, 3.8) is 0 Å². The fourth-order valence-electron chi connectivity index (χ4n) is 2.05. The third-order valence-corrected chi connectivity index (χ3v) is 3.06. The van der Waals surface area contributed by atoms with Crippen molar-refractivity contribution in [1.29, 1.82) is 0 Å². The van der Waals surface area contributed by atoms with Crippen LogP contribution < -0.4 is 5.32 Å². The second-order valence-corrected chi connectivity index (χ2v) is 4.87. The molecule has 0 saturated carbocycles. The number of amides is 1. The quantitative estimate of drug-likeness (QED) is 0.830. The van der Waals surface area contributed by atoms with Gasteiger partial charge >= 0.3 is 6.18 Å². The van der Waals surface area contributed by atoms with E-state index in [1.807, 2.05) is 6.92 Å². The van der Waals surface area contributed by atoms with Crippen LogP contribution in [0.5, 0.6) is 0 Å². The van der Waals surface area contributed by atoms with Crippen LogP contribution in [-0.2, 0) is 4.79 Å². The molecule has 1 fully saturated rings. The number of nitrogens with zero attached hydrogens (tertiary/aromatic N) is 1. The highest BCUT2D eigenvalue weighted by molar-refractivity contribution is 5.82. The van der Waals surface area contributed by atoms with Gasteiger partial charge in [-0.1, -0.05) is 6.92 Å². The third kappa shape index (κ3) is 3.87. The summed E-state index contributed by atoms with van der Waals surface area (Å²) in [7, 11) is 0. The van der Waals surface area contributed by atoms with Crippen LogP contribution in [0, 0.1) is 5.92 Å². The zero-order chi connectivity index (χ0) is 13.2. The van der Waals surface area contributed by atoms with Crippen molar-refractivity contribution in [1.82, 2.24) is 10.2 Å². The number of carbonyl (C=O) groups is 1. The first kappa shape index (κ1) is 14.3. The van der Waals surface area contributed by atoms with Gasteiger partial charge in [0.15, 0.2) is 0 Å². The molecule has 0 bridgehead atoms. The second-order valence-electron chi connectivity index (χ2n) is 4.87. The van der Waals surface area contributed by atoms with Gasteiger partial charge in [-0.05, 0) is 32.7 Å². The fourth-order valence-corrected chi connectivity index (χ4v) is 2.05. The Hall–Kier alpha value is -0.780. The highest BCUT2D eigenvalue weighted by atomic mass is 19.4. The number of carbonyl (C=O) groups excluding carboxylic acids is 1.